The molecule has 0 radical (unpaired) electrons. The van der Waals surface area contributed by atoms with E-state index >= 15 is 0 Å². The molecule has 0 N–H and O–H groups in total. The summed E-state index contributed by atoms with van der Waals surface area (Å²) in [6.07, 6.45) is 9.52. The third-order valence-electron chi connectivity index (χ3n) is 8.12. The summed E-state index contributed by atoms with van der Waals surface area (Å²) < 4.78 is 70.3. The Balaban J connectivity index is 1.29. The molecule has 2 aromatic rings. The second-order valence-electron chi connectivity index (χ2n) is 10.7. The summed E-state index contributed by atoms with van der Waals surface area (Å²) in [5.41, 5.74) is 1.07. The van der Waals surface area contributed by atoms with E-state index in [9.17, 15) is 17.6 Å². The highest BCUT2D eigenvalue weighted by Gasteiger charge is 2.28. The zero-order chi connectivity index (χ0) is 26.4. The Labute approximate surface area is 218 Å². The van der Waals surface area contributed by atoms with E-state index in [2.05, 4.69) is 13.5 Å². The van der Waals surface area contributed by atoms with Crippen LogP contribution in [0.15, 0.2) is 36.9 Å². The van der Waals surface area contributed by atoms with Crippen molar-refractivity contribution in [2.45, 2.75) is 95.7 Å². The number of allylic oxidation sites excluding steroid dienone is 1. The van der Waals surface area contributed by atoms with Crippen LogP contribution in [0.5, 0.6) is 5.75 Å². The van der Waals surface area contributed by atoms with Gasteiger partial charge in [0.1, 0.15) is 0 Å². The number of unbranched alkanes of at least 4 members (excludes halogenated alkanes) is 1. The Morgan fingerprint density at radius 2 is 1.38 bits per heavy atom. The van der Waals surface area contributed by atoms with E-state index in [1.165, 1.54) is 6.07 Å². The third-order valence-corrected chi connectivity index (χ3v) is 8.12. The summed E-state index contributed by atoms with van der Waals surface area (Å²) in [5, 5.41) is 0. The van der Waals surface area contributed by atoms with Crippen molar-refractivity contribution in [3.8, 4) is 5.75 Å². The molecule has 202 valence electrons. The van der Waals surface area contributed by atoms with Crippen LogP contribution in [-0.2, 0) is 11.3 Å². The summed E-state index contributed by atoms with van der Waals surface area (Å²) in [4.78, 5) is 0. The molecule has 2 nitrogen and oxygen atoms in total. The SMILES string of the molecule is C=CCCCOc1ccc(C2CCC(OCc3ccc(C4CCC(C)CC4)c(F)c3F)CC2)c(F)c1F. The topological polar surface area (TPSA) is 18.5 Å². The second kappa shape index (κ2) is 12.9. The first kappa shape index (κ1) is 27.7. The third kappa shape index (κ3) is 6.76. The zero-order valence-electron chi connectivity index (χ0n) is 21.7. The quantitative estimate of drug-likeness (QED) is 0.177. The molecule has 2 aliphatic rings. The lowest BCUT2D eigenvalue weighted by Crippen LogP contribution is -2.22. The van der Waals surface area contributed by atoms with Gasteiger partial charge in [0.25, 0.3) is 0 Å². The number of hydrogen-bond donors (Lipinski definition) is 0. The Morgan fingerprint density at radius 1 is 0.784 bits per heavy atom. The lowest BCUT2D eigenvalue weighted by molar-refractivity contribution is 0.0116. The Hall–Kier alpha value is -2.34. The predicted molar refractivity (Wildman–Crippen MR) is 138 cm³/mol. The molecular formula is C31H38F4O2. The van der Waals surface area contributed by atoms with E-state index in [1.54, 1.807) is 24.3 Å². The average Bonchev–Trinajstić information content (AvgIpc) is 2.91. The van der Waals surface area contributed by atoms with Crippen molar-refractivity contribution < 1.29 is 27.0 Å². The molecule has 0 unspecified atom stereocenters. The average molecular weight is 519 g/mol. The first-order chi connectivity index (χ1) is 17.9. The van der Waals surface area contributed by atoms with Gasteiger partial charge in [0, 0.05) is 5.56 Å². The van der Waals surface area contributed by atoms with Gasteiger partial charge in [-0.3, -0.25) is 0 Å². The molecule has 2 aliphatic carbocycles. The Kier molecular flexibility index (Phi) is 9.69. The van der Waals surface area contributed by atoms with Crippen molar-refractivity contribution >= 4 is 0 Å². The van der Waals surface area contributed by atoms with Crippen LogP contribution in [-0.4, -0.2) is 12.7 Å². The number of ether oxygens (including phenoxy) is 2. The van der Waals surface area contributed by atoms with Gasteiger partial charge in [0.15, 0.2) is 23.2 Å². The molecular weight excluding hydrogens is 480 g/mol. The molecule has 2 saturated carbocycles. The molecule has 37 heavy (non-hydrogen) atoms. The first-order valence-electron chi connectivity index (χ1n) is 13.7. The molecule has 0 aromatic heterocycles. The lowest BCUT2D eigenvalue weighted by atomic mass is 9.79. The standard InChI is InChI=1S/C31H38F4O2/c1-3-4-5-18-36-27-17-16-26(30(34)31(27)35)22-10-13-24(14-11-22)37-19-23-12-15-25(29(33)28(23)32)21-8-6-20(2)7-9-21/h3,12,15-17,20-22,24H,1,4-11,13-14,18-19H2,2H3. The van der Waals surface area contributed by atoms with Crippen molar-refractivity contribution in [3.63, 3.8) is 0 Å². The van der Waals surface area contributed by atoms with Gasteiger partial charge in [-0.1, -0.05) is 44.0 Å². The summed E-state index contributed by atoms with van der Waals surface area (Å²) in [5.74, 6) is -2.80. The van der Waals surface area contributed by atoms with Crippen LogP contribution in [0.2, 0.25) is 0 Å². The van der Waals surface area contributed by atoms with Crippen LogP contribution in [0.1, 0.15) is 99.7 Å². The van der Waals surface area contributed by atoms with Gasteiger partial charge in [-0.2, -0.15) is 4.39 Å². The van der Waals surface area contributed by atoms with Gasteiger partial charge in [-0.05, 0) is 86.3 Å². The van der Waals surface area contributed by atoms with Gasteiger partial charge < -0.3 is 9.47 Å². The van der Waals surface area contributed by atoms with Gasteiger partial charge >= 0.3 is 0 Å². The molecule has 0 atom stereocenters. The fraction of sp³-hybridized carbons (Fsp3) is 0.548. The minimum Gasteiger partial charge on any atom is -0.490 e. The highest BCUT2D eigenvalue weighted by Crippen LogP contribution is 2.39. The fourth-order valence-electron chi connectivity index (χ4n) is 5.73. The first-order valence-corrected chi connectivity index (χ1v) is 13.7. The highest BCUT2D eigenvalue weighted by molar-refractivity contribution is 5.33. The number of halogens is 4. The van der Waals surface area contributed by atoms with E-state index in [1.807, 2.05) is 0 Å². The number of benzene rings is 2. The minimum atomic E-state index is -0.946. The van der Waals surface area contributed by atoms with E-state index < -0.39 is 23.3 Å². The zero-order valence-corrected chi connectivity index (χ0v) is 21.7. The Bertz CT molecular complexity index is 1050. The van der Waals surface area contributed by atoms with Crippen molar-refractivity contribution in [2.24, 2.45) is 5.92 Å². The molecule has 6 heteroatoms. The van der Waals surface area contributed by atoms with Crippen LogP contribution in [0.3, 0.4) is 0 Å². The summed E-state index contributed by atoms with van der Waals surface area (Å²) in [6.45, 7) is 6.14. The van der Waals surface area contributed by atoms with Crippen molar-refractivity contribution in [3.05, 3.63) is 76.9 Å². The monoisotopic (exact) mass is 518 g/mol. The van der Waals surface area contributed by atoms with Crippen molar-refractivity contribution in [2.75, 3.05) is 6.61 Å². The van der Waals surface area contributed by atoms with E-state index in [4.69, 9.17) is 9.47 Å². The molecule has 0 saturated heterocycles. The fourth-order valence-corrected chi connectivity index (χ4v) is 5.73. The molecule has 0 spiro atoms. The molecule has 0 aliphatic heterocycles. The number of rotatable bonds is 10. The predicted octanol–water partition coefficient (Wildman–Crippen LogP) is 9.12. The van der Waals surface area contributed by atoms with Crippen LogP contribution in [0, 0.1) is 29.2 Å². The minimum absolute atomic E-state index is 0.000939. The van der Waals surface area contributed by atoms with Crippen molar-refractivity contribution in [1.29, 1.82) is 0 Å². The molecule has 0 bridgehead atoms. The highest BCUT2D eigenvalue weighted by atomic mass is 19.2. The molecule has 2 aromatic carbocycles. The maximum atomic E-state index is 14.8. The van der Waals surface area contributed by atoms with Crippen LogP contribution < -0.4 is 4.74 Å². The summed E-state index contributed by atoms with van der Waals surface area (Å²) in [6, 6.07) is 6.48. The maximum Gasteiger partial charge on any atom is 0.200 e. The van der Waals surface area contributed by atoms with Crippen LogP contribution >= 0.6 is 0 Å². The smallest absolute Gasteiger partial charge is 0.200 e. The largest absolute Gasteiger partial charge is 0.490 e. The van der Waals surface area contributed by atoms with Crippen LogP contribution in [0.25, 0.3) is 0 Å². The molecule has 0 amide bonds. The normalized spacial score (nSPS) is 24.1. The van der Waals surface area contributed by atoms with E-state index in [0.29, 0.717) is 55.8 Å². The van der Waals surface area contributed by atoms with E-state index in [-0.39, 0.29) is 35.9 Å². The summed E-state index contributed by atoms with van der Waals surface area (Å²) >= 11 is 0. The Morgan fingerprint density at radius 3 is 2.03 bits per heavy atom. The van der Waals surface area contributed by atoms with Gasteiger partial charge in [0.05, 0.1) is 19.3 Å². The number of hydrogen-bond acceptors (Lipinski definition) is 2. The van der Waals surface area contributed by atoms with Gasteiger partial charge in [0.2, 0.25) is 5.82 Å². The van der Waals surface area contributed by atoms with Crippen molar-refractivity contribution in [1.82, 2.24) is 0 Å². The van der Waals surface area contributed by atoms with Gasteiger partial charge in [-0.25, -0.2) is 13.2 Å². The lowest BCUT2D eigenvalue weighted by Gasteiger charge is -2.29. The van der Waals surface area contributed by atoms with Gasteiger partial charge in [-0.15, -0.1) is 6.58 Å². The maximum absolute atomic E-state index is 14.8. The summed E-state index contributed by atoms with van der Waals surface area (Å²) in [7, 11) is 0. The van der Waals surface area contributed by atoms with E-state index in [0.717, 1.165) is 32.1 Å². The molecule has 0 heterocycles. The molecule has 4 rings (SSSR count). The van der Waals surface area contributed by atoms with Crippen LogP contribution in [0.4, 0.5) is 17.6 Å². The molecule has 2 fully saturated rings. The second-order valence-corrected chi connectivity index (χ2v) is 10.7.